The van der Waals surface area contributed by atoms with Crippen LogP contribution in [0.25, 0.3) is 11.0 Å². The summed E-state index contributed by atoms with van der Waals surface area (Å²) < 4.78 is 0. The average molecular weight is 272 g/mol. The number of imidazole rings is 1. The van der Waals surface area contributed by atoms with Gasteiger partial charge in [0, 0.05) is 5.02 Å². The van der Waals surface area contributed by atoms with Gasteiger partial charge in [-0.3, -0.25) is 0 Å². The third-order valence-electron chi connectivity index (χ3n) is 2.58. The number of alkyl halides is 1. The predicted octanol–water partition coefficient (Wildman–Crippen LogP) is 3.32. The van der Waals surface area contributed by atoms with Crippen LogP contribution in [-0.2, 0) is 5.88 Å². The van der Waals surface area contributed by atoms with Gasteiger partial charge in [0.25, 0.3) is 0 Å². The largest absolute Gasteiger partial charge is 0.341 e. The second-order valence-corrected chi connectivity index (χ2v) is 4.64. The van der Waals surface area contributed by atoms with Gasteiger partial charge in [-0.05, 0) is 44.1 Å². The second kappa shape index (κ2) is 6.24. The lowest BCUT2D eigenvalue weighted by Crippen LogP contribution is -2.03. The number of aromatic amines is 1. The summed E-state index contributed by atoms with van der Waals surface area (Å²) in [7, 11) is 0. The van der Waals surface area contributed by atoms with E-state index in [9.17, 15) is 0 Å². The molecule has 1 aliphatic heterocycles. The van der Waals surface area contributed by atoms with Crippen LogP contribution in [0.15, 0.2) is 18.2 Å². The van der Waals surface area contributed by atoms with Gasteiger partial charge in [0.05, 0.1) is 16.9 Å². The van der Waals surface area contributed by atoms with Crippen molar-refractivity contribution >= 4 is 34.2 Å². The standard InChI is InChI=1S/C8H6Cl2N2.C4H9N/c9-4-8-11-6-2-1-5(10)3-7(6)12-8;1-2-4-5-3-1/h1-3H,4H2,(H,11,12);5H,1-4H2. The Morgan fingerprint density at radius 2 is 2.00 bits per heavy atom. The molecule has 1 aromatic heterocycles. The maximum Gasteiger partial charge on any atom is 0.122 e. The first-order valence-electron chi connectivity index (χ1n) is 5.70. The van der Waals surface area contributed by atoms with Crippen molar-refractivity contribution in [2.24, 2.45) is 0 Å². The van der Waals surface area contributed by atoms with E-state index in [0.717, 1.165) is 16.9 Å². The van der Waals surface area contributed by atoms with Gasteiger partial charge in [0.15, 0.2) is 0 Å². The monoisotopic (exact) mass is 271 g/mol. The molecule has 92 valence electrons. The van der Waals surface area contributed by atoms with Crippen LogP contribution in [0.1, 0.15) is 18.7 Å². The summed E-state index contributed by atoms with van der Waals surface area (Å²) in [6, 6.07) is 5.51. The third-order valence-corrected chi connectivity index (χ3v) is 3.06. The first kappa shape index (κ1) is 12.7. The van der Waals surface area contributed by atoms with Crippen LogP contribution in [0.3, 0.4) is 0 Å². The summed E-state index contributed by atoms with van der Waals surface area (Å²) in [5, 5.41) is 3.92. The Morgan fingerprint density at radius 3 is 2.59 bits per heavy atom. The lowest BCUT2D eigenvalue weighted by molar-refractivity contribution is 0.857. The lowest BCUT2D eigenvalue weighted by Gasteiger charge is -1.87. The minimum absolute atomic E-state index is 0.395. The fourth-order valence-corrected chi connectivity index (χ4v) is 2.02. The fraction of sp³-hybridized carbons (Fsp3) is 0.417. The summed E-state index contributed by atoms with van der Waals surface area (Å²) in [6.07, 6.45) is 2.78. The van der Waals surface area contributed by atoms with Gasteiger partial charge in [0.2, 0.25) is 0 Å². The summed E-state index contributed by atoms with van der Waals surface area (Å²) >= 11 is 11.4. The zero-order valence-electron chi connectivity index (χ0n) is 9.47. The molecule has 2 N–H and O–H groups in total. The van der Waals surface area contributed by atoms with Crippen molar-refractivity contribution < 1.29 is 0 Å². The van der Waals surface area contributed by atoms with Gasteiger partial charge >= 0.3 is 0 Å². The molecule has 0 radical (unpaired) electrons. The minimum Gasteiger partial charge on any atom is -0.341 e. The Hall–Kier alpha value is -0.770. The first-order valence-corrected chi connectivity index (χ1v) is 6.61. The van der Waals surface area contributed by atoms with E-state index in [1.165, 1.54) is 25.9 Å². The second-order valence-electron chi connectivity index (χ2n) is 3.94. The van der Waals surface area contributed by atoms with E-state index in [1.54, 1.807) is 0 Å². The average Bonchev–Trinajstić information content (AvgIpc) is 3.00. The molecule has 5 heteroatoms. The Bertz CT molecular complexity index is 470. The Labute approximate surface area is 111 Å². The van der Waals surface area contributed by atoms with Gasteiger partial charge < -0.3 is 10.3 Å². The van der Waals surface area contributed by atoms with Crippen molar-refractivity contribution in [3.63, 3.8) is 0 Å². The fourth-order valence-electron chi connectivity index (χ4n) is 1.72. The summed E-state index contributed by atoms with van der Waals surface area (Å²) in [4.78, 5) is 7.28. The van der Waals surface area contributed by atoms with E-state index in [2.05, 4.69) is 15.3 Å². The van der Waals surface area contributed by atoms with E-state index in [-0.39, 0.29) is 0 Å². The molecule has 3 rings (SSSR count). The molecule has 0 atom stereocenters. The normalized spacial score (nSPS) is 14.7. The molecule has 2 heterocycles. The van der Waals surface area contributed by atoms with Gasteiger partial charge in [-0.15, -0.1) is 11.6 Å². The zero-order valence-corrected chi connectivity index (χ0v) is 11.0. The molecule has 0 aliphatic carbocycles. The first-order chi connectivity index (χ1) is 8.29. The molecule has 0 unspecified atom stereocenters. The maximum atomic E-state index is 5.79. The number of aromatic nitrogens is 2. The smallest absolute Gasteiger partial charge is 0.122 e. The number of H-pyrrole nitrogens is 1. The van der Waals surface area contributed by atoms with E-state index in [0.29, 0.717) is 10.9 Å². The maximum absolute atomic E-state index is 5.79. The van der Waals surface area contributed by atoms with Crippen molar-refractivity contribution in [3.05, 3.63) is 29.0 Å². The van der Waals surface area contributed by atoms with Crippen LogP contribution in [-0.4, -0.2) is 23.1 Å². The van der Waals surface area contributed by atoms with Crippen LogP contribution in [0, 0.1) is 0 Å². The summed E-state index contributed by atoms with van der Waals surface area (Å²) in [6.45, 7) is 2.50. The highest BCUT2D eigenvalue weighted by molar-refractivity contribution is 6.31. The zero-order chi connectivity index (χ0) is 12.1. The van der Waals surface area contributed by atoms with Crippen LogP contribution in [0.2, 0.25) is 5.02 Å². The number of benzene rings is 1. The molecule has 1 aliphatic rings. The quantitative estimate of drug-likeness (QED) is 0.782. The highest BCUT2D eigenvalue weighted by Crippen LogP contribution is 2.17. The van der Waals surface area contributed by atoms with Crippen LogP contribution >= 0.6 is 23.2 Å². The van der Waals surface area contributed by atoms with Crippen LogP contribution < -0.4 is 5.32 Å². The third kappa shape index (κ3) is 3.60. The van der Waals surface area contributed by atoms with Gasteiger partial charge in [-0.1, -0.05) is 11.6 Å². The SMILES string of the molecule is C1CCNC1.ClCc1nc2ccc(Cl)cc2[nH]1. The molecule has 1 saturated heterocycles. The van der Waals surface area contributed by atoms with Crippen molar-refractivity contribution in [1.82, 2.24) is 15.3 Å². The highest BCUT2D eigenvalue weighted by atomic mass is 35.5. The molecule has 3 nitrogen and oxygen atoms in total. The highest BCUT2D eigenvalue weighted by Gasteiger charge is 2.00. The van der Waals surface area contributed by atoms with Gasteiger partial charge in [0.1, 0.15) is 5.82 Å². The van der Waals surface area contributed by atoms with Crippen molar-refractivity contribution in [1.29, 1.82) is 0 Å². The Balaban J connectivity index is 0.000000181. The van der Waals surface area contributed by atoms with Crippen molar-refractivity contribution in [3.8, 4) is 0 Å². The molecule has 0 bridgehead atoms. The van der Waals surface area contributed by atoms with E-state index >= 15 is 0 Å². The number of rotatable bonds is 1. The molecular weight excluding hydrogens is 257 g/mol. The number of hydrogen-bond donors (Lipinski definition) is 2. The van der Waals surface area contributed by atoms with Crippen molar-refractivity contribution in [2.75, 3.05) is 13.1 Å². The number of nitrogens with one attached hydrogen (secondary N) is 2. The Kier molecular flexibility index (Phi) is 4.66. The molecule has 0 saturated carbocycles. The molecule has 1 aromatic carbocycles. The molecule has 2 aromatic rings. The van der Waals surface area contributed by atoms with Crippen LogP contribution in [0.4, 0.5) is 0 Å². The Morgan fingerprint density at radius 1 is 1.24 bits per heavy atom. The van der Waals surface area contributed by atoms with E-state index < -0.39 is 0 Å². The number of halogens is 2. The van der Waals surface area contributed by atoms with E-state index in [4.69, 9.17) is 23.2 Å². The summed E-state index contributed by atoms with van der Waals surface area (Å²) in [5.74, 6) is 1.17. The molecule has 0 spiro atoms. The predicted molar refractivity (Wildman–Crippen MR) is 72.8 cm³/mol. The van der Waals surface area contributed by atoms with Crippen molar-refractivity contribution in [2.45, 2.75) is 18.7 Å². The molecule has 17 heavy (non-hydrogen) atoms. The van der Waals surface area contributed by atoms with E-state index in [1.807, 2.05) is 18.2 Å². The minimum atomic E-state index is 0.395. The number of hydrogen-bond acceptors (Lipinski definition) is 2. The van der Waals surface area contributed by atoms with Crippen LogP contribution in [0.5, 0.6) is 0 Å². The van der Waals surface area contributed by atoms with Gasteiger partial charge in [-0.25, -0.2) is 4.98 Å². The number of nitrogens with zero attached hydrogens (tertiary/aromatic N) is 1. The molecular formula is C12H15Cl2N3. The molecule has 1 fully saturated rings. The summed E-state index contributed by atoms with van der Waals surface area (Å²) in [5.41, 5.74) is 1.83. The topological polar surface area (TPSA) is 40.7 Å². The number of fused-ring (bicyclic) bond motifs is 1. The molecule has 0 amide bonds. The lowest BCUT2D eigenvalue weighted by atomic mass is 10.3. The van der Waals surface area contributed by atoms with Gasteiger partial charge in [-0.2, -0.15) is 0 Å².